The number of carbonyl (C=O) groups excluding carboxylic acids is 1. The van der Waals surface area contributed by atoms with E-state index in [0.717, 1.165) is 38.6 Å². The van der Waals surface area contributed by atoms with E-state index in [4.69, 9.17) is 11.6 Å². The first-order valence-corrected chi connectivity index (χ1v) is 10.4. The molecule has 3 heteroatoms. The quantitative estimate of drug-likeness (QED) is 0.770. The summed E-state index contributed by atoms with van der Waals surface area (Å²) in [5.41, 5.74) is 1.38. The third-order valence-corrected chi connectivity index (χ3v) is 8.20. The van der Waals surface area contributed by atoms with Crippen molar-refractivity contribution in [2.24, 2.45) is 17.3 Å². The molecule has 0 saturated heterocycles. The summed E-state index contributed by atoms with van der Waals surface area (Å²) in [6.45, 7) is 0.794. The van der Waals surface area contributed by atoms with E-state index < -0.39 is 0 Å². The van der Waals surface area contributed by atoms with Gasteiger partial charge < -0.3 is 5.32 Å². The topological polar surface area (TPSA) is 29.1 Å². The maximum Gasteiger partial charge on any atom is 0.226 e. The van der Waals surface area contributed by atoms with Crippen LogP contribution in [0.1, 0.15) is 63.4 Å². The largest absolute Gasteiger partial charge is 0.355 e. The molecule has 2 atom stereocenters. The molecule has 1 amide bonds. The molecule has 5 saturated carbocycles. The fourth-order valence-electron chi connectivity index (χ4n) is 6.82. The van der Waals surface area contributed by atoms with Crippen LogP contribution >= 0.6 is 11.6 Å². The molecule has 2 unspecified atom stereocenters. The van der Waals surface area contributed by atoms with Crippen LogP contribution in [0, 0.1) is 17.3 Å². The Balaban J connectivity index is 1.33. The Kier molecular flexibility index (Phi) is 3.55. The summed E-state index contributed by atoms with van der Waals surface area (Å²) in [5.74, 6) is 1.65. The highest BCUT2D eigenvalue weighted by Gasteiger charge is 2.60. The number of nitrogens with one attached hydrogen (secondary N) is 1. The van der Waals surface area contributed by atoms with E-state index in [-0.39, 0.29) is 15.7 Å². The first kappa shape index (κ1) is 16.2. The Bertz CT molecular complexity index is 667. The molecule has 1 aromatic carbocycles. The second-order valence-corrected chi connectivity index (χ2v) is 10.4. The summed E-state index contributed by atoms with van der Waals surface area (Å²) >= 11 is 6.91. The Morgan fingerprint density at radius 2 is 1.76 bits per heavy atom. The monoisotopic (exact) mass is 357 g/mol. The van der Waals surface area contributed by atoms with Crippen LogP contribution in [0.2, 0.25) is 0 Å². The zero-order chi connectivity index (χ0) is 17.1. The number of hydrogen-bond acceptors (Lipinski definition) is 1. The van der Waals surface area contributed by atoms with E-state index >= 15 is 0 Å². The molecule has 5 aliphatic carbocycles. The van der Waals surface area contributed by atoms with Crippen LogP contribution in [0.15, 0.2) is 30.3 Å². The van der Waals surface area contributed by atoms with Crippen molar-refractivity contribution in [2.45, 2.75) is 68.1 Å². The van der Waals surface area contributed by atoms with E-state index in [1.165, 1.54) is 31.2 Å². The summed E-state index contributed by atoms with van der Waals surface area (Å²) in [4.78, 5) is 13.2. The number of carbonyl (C=O) groups is 1. The number of amides is 1. The van der Waals surface area contributed by atoms with Gasteiger partial charge >= 0.3 is 0 Å². The number of benzene rings is 1. The molecule has 0 spiro atoms. The van der Waals surface area contributed by atoms with Crippen molar-refractivity contribution in [2.75, 3.05) is 6.54 Å². The van der Waals surface area contributed by atoms with Crippen LogP contribution in [-0.4, -0.2) is 17.3 Å². The summed E-state index contributed by atoms with van der Waals surface area (Å²) in [5, 5.41) is 3.40. The van der Waals surface area contributed by atoms with Crippen LogP contribution in [0.25, 0.3) is 0 Å². The van der Waals surface area contributed by atoms with Gasteiger partial charge in [0.1, 0.15) is 0 Å². The molecule has 0 heterocycles. The zero-order valence-corrected chi connectivity index (χ0v) is 15.7. The molecule has 134 valence electrons. The second kappa shape index (κ2) is 5.49. The van der Waals surface area contributed by atoms with Gasteiger partial charge in [-0.25, -0.2) is 0 Å². The number of alkyl halides is 1. The van der Waals surface area contributed by atoms with Crippen molar-refractivity contribution in [1.82, 2.24) is 5.32 Å². The van der Waals surface area contributed by atoms with Crippen molar-refractivity contribution in [3.05, 3.63) is 35.9 Å². The first-order valence-electron chi connectivity index (χ1n) is 10.0. The highest BCUT2D eigenvalue weighted by Crippen LogP contribution is 2.63. The highest BCUT2D eigenvalue weighted by molar-refractivity contribution is 6.24. The maximum absolute atomic E-state index is 13.3. The Morgan fingerprint density at radius 1 is 1.08 bits per heavy atom. The normalized spacial score (nSPS) is 40.5. The maximum atomic E-state index is 13.3. The molecule has 6 rings (SSSR count). The Hall–Kier alpha value is -1.02. The van der Waals surface area contributed by atoms with Crippen molar-refractivity contribution in [3.63, 3.8) is 0 Å². The molecular weight excluding hydrogens is 330 g/mol. The lowest BCUT2D eigenvalue weighted by atomic mass is 9.49. The average molecular weight is 358 g/mol. The molecule has 5 fully saturated rings. The SMILES string of the molecule is O=C(NCC1(c2ccccc2)CCC1)C12CC3CC(CC(Cl)(C3)C1)C2. The minimum Gasteiger partial charge on any atom is -0.355 e. The summed E-state index contributed by atoms with van der Waals surface area (Å²) in [6.07, 6.45) is 10.3. The van der Waals surface area contributed by atoms with Crippen LogP contribution in [0.5, 0.6) is 0 Å². The predicted octanol–water partition coefficient (Wildman–Crippen LogP) is 4.80. The molecule has 0 aromatic heterocycles. The number of rotatable bonds is 4. The van der Waals surface area contributed by atoms with Gasteiger partial charge in [0.25, 0.3) is 0 Å². The fourth-order valence-corrected chi connectivity index (χ4v) is 7.51. The lowest BCUT2D eigenvalue weighted by Gasteiger charge is -2.59. The zero-order valence-electron chi connectivity index (χ0n) is 14.9. The van der Waals surface area contributed by atoms with Crippen LogP contribution in [0.3, 0.4) is 0 Å². The van der Waals surface area contributed by atoms with Gasteiger partial charge in [-0.2, -0.15) is 0 Å². The summed E-state index contributed by atoms with van der Waals surface area (Å²) < 4.78 is 0. The summed E-state index contributed by atoms with van der Waals surface area (Å²) in [6, 6.07) is 10.8. The van der Waals surface area contributed by atoms with Gasteiger partial charge in [-0.05, 0) is 68.8 Å². The summed E-state index contributed by atoms with van der Waals surface area (Å²) in [7, 11) is 0. The number of hydrogen-bond donors (Lipinski definition) is 1. The molecule has 1 N–H and O–H groups in total. The van der Waals surface area contributed by atoms with Crippen molar-refractivity contribution in [1.29, 1.82) is 0 Å². The first-order chi connectivity index (χ1) is 12.0. The predicted molar refractivity (Wildman–Crippen MR) is 101 cm³/mol. The van der Waals surface area contributed by atoms with Crippen LogP contribution in [0.4, 0.5) is 0 Å². The van der Waals surface area contributed by atoms with Gasteiger partial charge in [-0.3, -0.25) is 4.79 Å². The van der Waals surface area contributed by atoms with Gasteiger partial charge in [0.15, 0.2) is 0 Å². The van der Waals surface area contributed by atoms with Crippen molar-refractivity contribution >= 4 is 17.5 Å². The van der Waals surface area contributed by atoms with Crippen molar-refractivity contribution in [3.8, 4) is 0 Å². The van der Waals surface area contributed by atoms with Gasteiger partial charge in [-0.15, -0.1) is 11.6 Å². The molecule has 0 radical (unpaired) electrons. The third kappa shape index (κ3) is 2.55. The van der Waals surface area contributed by atoms with Gasteiger partial charge in [0, 0.05) is 16.8 Å². The molecule has 0 aliphatic heterocycles. The van der Waals surface area contributed by atoms with E-state index in [1.54, 1.807) is 0 Å². The molecule has 4 bridgehead atoms. The van der Waals surface area contributed by atoms with E-state index in [2.05, 4.69) is 35.6 Å². The van der Waals surface area contributed by atoms with E-state index in [9.17, 15) is 4.79 Å². The molecule has 2 nitrogen and oxygen atoms in total. The van der Waals surface area contributed by atoms with Crippen LogP contribution in [-0.2, 0) is 10.2 Å². The molecule has 25 heavy (non-hydrogen) atoms. The minimum absolute atomic E-state index is 0.0883. The standard InChI is InChI=1S/C22H28ClNO/c23-22-12-16-9-17(13-22)11-21(10-16,14-22)19(25)24-15-20(7-4-8-20)18-5-2-1-3-6-18/h1-3,5-6,16-17H,4,7-15H2,(H,24,25). The Morgan fingerprint density at radius 3 is 2.32 bits per heavy atom. The molecular formula is C22H28ClNO. The number of halogens is 1. The van der Waals surface area contributed by atoms with Gasteiger partial charge in [0.05, 0.1) is 5.41 Å². The Labute approximate surface area is 155 Å². The average Bonchev–Trinajstić information content (AvgIpc) is 2.52. The minimum atomic E-state index is -0.173. The van der Waals surface area contributed by atoms with Crippen LogP contribution < -0.4 is 5.32 Å². The van der Waals surface area contributed by atoms with Crippen molar-refractivity contribution < 1.29 is 4.79 Å². The third-order valence-electron chi connectivity index (χ3n) is 7.76. The van der Waals surface area contributed by atoms with E-state index in [1.807, 2.05) is 0 Å². The highest BCUT2D eigenvalue weighted by atomic mass is 35.5. The smallest absolute Gasteiger partial charge is 0.226 e. The van der Waals surface area contributed by atoms with Gasteiger partial charge in [-0.1, -0.05) is 36.8 Å². The lowest BCUT2D eigenvalue weighted by Crippen LogP contribution is -2.59. The molecule has 5 aliphatic rings. The molecule has 1 aromatic rings. The fraction of sp³-hybridized carbons (Fsp3) is 0.682. The van der Waals surface area contributed by atoms with Gasteiger partial charge in [0.2, 0.25) is 5.91 Å². The van der Waals surface area contributed by atoms with E-state index in [0.29, 0.717) is 17.7 Å². The lowest BCUT2D eigenvalue weighted by molar-refractivity contribution is -0.145. The second-order valence-electron chi connectivity index (χ2n) is 9.57.